The molecule has 0 saturated carbocycles. The molecule has 21 heavy (non-hydrogen) atoms. The molecule has 0 aliphatic carbocycles. The van der Waals surface area contributed by atoms with E-state index >= 15 is 0 Å². The number of aromatic nitrogens is 1. The summed E-state index contributed by atoms with van der Waals surface area (Å²) in [6.45, 7) is 6.36. The lowest BCUT2D eigenvalue weighted by Gasteiger charge is -2.15. The molecule has 0 aliphatic heterocycles. The summed E-state index contributed by atoms with van der Waals surface area (Å²) in [7, 11) is 1.70. The summed E-state index contributed by atoms with van der Waals surface area (Å²) in [5.41, 5.74) is 12.4. The highest BCUT2D eigenvalue weighted by atomic mass is 32.1. The average molecular weight is 298 g/mol. The number of anilines is 1. The SMILES string of the molecule is COc1cc(C)c(C)c(C)c1-c1nsc2ccc(N)cc12. The number of hydrogen-bond acceptors (Lipinski definition) is 4. The predicted octanol–water partition coefficient (Wildman–Crippen LogP) is 4.48. The second kappa shape index (κ2) is 5.04. The van der Waals surface area contributed by atoms with Crippen LogP contribution in [0.5, 0.6) is 5.75 Å². The zero-order valence-electron chi connectivity index (χ0n) is 12.7. The standard InChI is InChI=1S/C17H18N2OS/c1-9-7-14(20-4)16(11(3)10(9)2)17-13-8-12(18)5-6-15(13)21-19-17/h5-8H,18H2,1-4H3. The minimum atomic E-state index is 0.754. The minimum Gasteiger partial charge on any atom is -0.496 e. The number of hydrogen-bond donors (Lipinski definition) is 1. The van der Waals surface area contributed by atoms with Crippen LogP contribution in [0.25, 0.3) is 21.3 Å². The maximum absolute atomic E-state index is 5.94. The lowest BCUT2D eigenvalue weighted by atomic mass is 9.94. The number of methoxy groups -OCH3 is 1. The third-order valence-electron chi connectivity index (χ3n) is 4.07. The van der Waals surface area contributed by atoms with Crippen molar-refractivity contribution >= 4 is 27.3 Å². The Morgan fingerprint density at radius 3 is 2.57 bits per heavy atom. The summed E-state index contributed by atoms with van der Waals surface area (Å²) >= 11 is 1.49. The zero-order chi connectivity index (χ0) is 15.1. The van der Waals surface area contributed by atoms with Crippen LogP contribution < -0.4 is 10.5 Å². The van der Waals surface area contributed by atoms with Crippen LogP contribution in [0.4, 0.5) is 5.69 Å². The van der Waals surface area contributed by atoms with Crippen LogP contribution in [0.3, 0.4) is 0 Å². The largest absolute Gasteiger partial charge is 0.496 e. The van der Waals surface area contributed by atoms with Crippen molar-refractivity contribution in [3.05, 3.63) is 41.0 Å². The van der Waals surface area contributed by atoms with E-state index in [2.05, 4.69) is 31.2 Å². The van der Waals surface area contributed by atoms with Gasteiger partial charge >= 0.3 is 0 Å². The molecule has 3 aromatic rings. The van der Waals surface area contributed by atoms with Crippen molar-refractivity contribution in [2.75, 3.05) is 12.8 Å². The molecule has 3 rings (SSSR count). The van der Waals surface area contributed by atoms with Gasteiger partial charge in [0.1, 0.15) is 5.75 Å². The van der Waals surface area contributed by atoms with Gasteiger partial charge in [-0.1, -0.05) is 0 Å². The predicted molar refractivity (Wildman–Crippen MR) is 90.2 cm³/mol. The quantitative estimate of drug-likeness (QED) is 0.710. The van der Waals surface area contributed by atoms with Gasteiger partial charge in [-0.3, -0.25) is 0 Å². The van der Waals surface area contributed by atoms with E-state index in [1.807, 2.05) is 18.2 Å². The fourth-order valence-corrected chi connectivity index (χ4v) is 3.40. The topological polar surface area (TPSA) is 48.1 Å². The number of ether oxygens (including phenoxy) is 1. The van der Waals surface area contributed by atoms with Crippen molar-refractivity contribution in [1.29, 1.82) is 0 Å². The number of benzene rings is 2. The molecule has 3 nitrogen and oxygen atoms in total. The van der Waals surface area contributed by atoms with Crippen molar-refractivity contribution in [2.45, 2.75) is 20.8 Å². The van der Waals surface area contributed by atoms with E-state index in [1.165, 1.54) is 28.2 Å². The van der Waals surface area contributed by atoms with E-state index in [-0.39, 0.29) is 0 Å². The average Bonchev–Trinajstić information content (AvgIpc) is 2.87. The van der Waals surface area contributed by atoms with Gasteiger partial charge in [0.05, 0.1) is 17.5 Å². The molecule has 108 valence electrons. The summed E-state index contributed by atoms with van der Waals surface area (Å²) in [6, 6.07) is 8.00. The monoisotopic (exact) mass is 298 g/mol. The first-order chi connectivity index (χ1) is 10.0. The van der Waals surface area contributed by atoms with Crippen molar-refractivity contribution < 1.29 is 4.74 Å². The molecule has 0 aliphatic rings. The van der Waals surface area contributed by atoms with Crippen molar-refractivity contribution in [3.63, 3.8) is 0 Å². The Balaban J connectivity index is 2.37. The molecule has 1 aromatic heterocycles. The third kappa shape index (κ3) is 2.16. The molecular formula is C17H18N2OS. The number of fused-ring (bicyclic) bond motifs is 1. The molecule has 0 spiro atoms. The van der Waals surface area contributed by atoms with Gasteiger partial charge in [-0.25, -0.2) is 0 Å². The van der Waals surface area contributed by atoms with E-state index in [9.17, 15) is 0 Å². The summed E-state index contributed by atoms with van der Waals surface area (Å²) in [4.78, 5) is 0. The Hall–Kier alpha value is -2.07. The van der Waals surface area contributed by atoms with Gasteiger partial charge in [-0.2, -0.15) is 4.37 Å². The second-order valence-electron chi connectivity index (χ2n) is 5.31. The number of rotatable bonds is 2. The first-order valence-electron chi connectivity index (χ1n) is 6.83. The number of nitrogens with two attached hydrogens (primary N) is 1. The Morgan fingerprint density at radius 1 is 1.10 bits per heavy atom. The third-order valence-corrected chi connectivity index (χ3v) is 4.90. The van der Waals surface area contributed by atoms with Crippen LogP contribution in [-0.2, 0) is 0 Å². The Morgan fingerprint density at radius 2 is 1.86 bits per heavy atom. The van der Waals surface area contributed by atoms with E-state index in [4.69, 9.17) is 10.5 Å². The zero-order valence-corrected chi connectivity index (χ0v) is 13.5. The van der Waals surface area contributed by atoms with E-state index in [1.54, 1.807) is 7.11 Å². The van der Waals surface area contributed by atoms with Gasteiger partial charge < -0.3 is 10.5 Å². The van der Waals surface area contributed by atoms with Gasteiger partial charge in [-0.15, -0.1) is 0 Å². The fourth-order valence-electron chi connectivity index (χ4n) is 2.64. The summed E-state index contributed by atoms with van der Waals surface area (Å²) in [6.07, 6.45) is 0. The second-order valence-corrected chi connectivity index (χ2v) is 6.11. The Kier molecular flexibility index (Phi) is 3.33. The number of nitrogen functional groups attached to an aromatic ring is 1. The molecule has 2 aromatic carbocycles. The van der Waals surface area contributed by atoms with Crippen LogP contribution in [-0.4, -0.2) is 11.5 Å². The van der Waals surface area contributed by atoms with E-state index < -0.39 is 0 Å². The minimum absolute atomic E-state index is 0.754. The molecule has 0 bridgehead atoms. The van der Waals surface area contributed by atoms with Gasteiger partial charge in [0, 0.05) is 16.6 Å². The highest BCUT2D eigenvalue weighted by molar-refractivity contribution is 7.13. The lowest BCUT2D eigenvalue weighted by molar-refractivity contribution is 0.415. The van der Waals surface area contributed by atoms with Gasteiger partial charge in [0.25, 0.3) is 0 Å². The molecule has 0 radical (unpaired) electrons. The van der Waals surface area contributed by atoms with E-state index in [0.29, 0.717) is 0 Å². The summed E-state index contributed by atoms with van der Waals surface area (Å²) < 4.78 is 11.4. The fraction of sp³-hybridized carbons (Fsp3) is 0.235. The molecular weight excluding hydrogens is 280 g/mol. The molecule has 0 atom stereocenters. The summed E-state index contributed by atoms with van der Waals surface area (Å²) in [5.74, 6) is 0.866. The molecule has 1 heterocycles. The first-order valence-corrected chi connectivity index (χ1v) is 7.60. The maximum Gasteiger partial charge on any atom is 0.128 e. The van der Waals surface area contributed by atoms with Gasteiger partial charge in [0.2, 0.25) is 0 Å². The Bertz CT molecular complexity index is 836. The van der Waals surface area contributed by atoms with Crippen LogP contribution >= 0.6 is 11.5 Å². The molecule has 0 fully saturated rings. The molecule has 4 heteroatoms. The smallest absolute Gasteiger partial charge is 0.128 e. The van der Waals surface area contributed by atoms with Gasteiger partial charge in [0.15, 0.2) is 0 Å². The van der Waals surface area contributed by atoms with Crippen molar-refractivity contribution in [2.24, 2.45) is 0 Å². The summed E-state index contributed by atoms with van der Waals surface area (Å²) in [5, 5.41) is 1.09. The number of nitrogens with zero attached hydrogens (tertiary/aromatic N) is 1. The van der Waals surface area contributed by atoms with Crippen molar-refractivity contribution in [1.82, 2.24) is 4.37 Å². The normalized spacial score (nSPS) is 11.0. The highest BCUT2D eigenvalue weighted by Gasteiger charge is 2.18. The first kappa shape index (κ1) is 13.9. The van der Waals surface area contributed by atoms with Crippen LogP contribution in [0.15, 0.2) is 24.3 Å². The van der Waals surface area contributed by atoms with Gasteiger partial charge in [-0.05, 0) is 73.3 Å². The van der Waals surface area contributed by atoms with Crippen LogP contribution in [0.1, 0.15) is 16.7 Å². The molecule has 0 saturated heterocycles. The van der Waals surface area contributed by atoms with Crippen molar-refractivity contribution in [3.8, 4) is 17.0 Å². The lowest BCUT2D eigenvalue weighted by Crippen LogP contribution is -1.97. The maximum atomic E-state index is 5.94. The highest BCUT2D eigenvalue weighted by Crippen LogP contribution is 2.40. The molecule has 0 unspecified atom stereocenters. The van der Waals surface area contributed by atoms with Crippen LogP contribution in [0, 0.1) is 20.8 Å². The Labute approximate surface area is 128 Å². The van der Waals surface area contributed by atoms with E-state index in [0.717, 1.165) is 32.8 Å². The van der Waals surface area contributed by atoms with Crippen LogP contribution in [0.2, 0.25) is 0 Å². The molecule has 2 N–H and O–H groups in total. The molecule has 0 amide bonds. The number of aryl methyl sites for hydroxylation is 1.